The van der Waals surface area contributed by atoms with Crippen molar-refractivity contribution in [1.82, 2.24) is 0 Å². The molecule has 0 saturated heterocycles. The highest BCUT2D eigenvalue weighted by molar-refractivity contribution is 5.96. The number of hydrogen-bond donors (Lipinski definition) is 0. The van der Waals surface area contributed by atoms with Crippen molar-refractivity contribution in [2.24, 2.45) is 11.3 Å². The lowest BCUT2D eigenvalue weighted by Gasteiger charge is -2.34. The summed E-state index contributed by atoms with van der Waals surface area (Å²) in [6.45, 7) is 0.489. The molecule has 0 amide bonds. The SMILES string of the molecule is COCC1(C#N)CCC(CC(=O)c2ccc(OC)cc2)CC1. The lowest BCUT2D eigenvalue weighted by atomic mass is 9.70. The van der Waals surface area contributed by atoms with Gasteiger partial charge in [0.1, 0.15) is 5.75 Å². The van der Waals surface area contributed by atoms with Crippen LogP contribution in [0.4, 0.5) is 0 Å². The molecule has 1 aromatic carbocycles. The summed E-state index contributed by atoms with van der Waals surface area (Å²) in [5.74, 6) is 1.30. The second-order valence-electron chi connectivity index (χ2n) is 6.12. The Labute approximate surface area is 132 Å². The molecule has 0 bridgehead atoms. The number of methoxy groups -OCH3 is 2. The molecular weight excluding hydrogens is 278 g/mol. The Balaban J connectivity index is 1.90. The van der Waals surface area contributed by atoms with Gasteiger partial charge in [0.25, 0.3) is 0 Å². The van der Waals surface area contributed by atoms with Crippen molar-refractivity contribution in [2.75, 3.05) is 20.8 Å². The van der Waals surface area contributed by atoms with Crippen LogP contribution in [0.2, 0.25) is 0 Å². The number of Topliss-reactive ketones (excluding diaryl/α,β-unsaturated/α-hetero) is 1. The number of ether oxygens (including phenoxy) is 2. The zero-order chi connectivity index (χ0) is 16.0. The van der Waals surface area contributed by atoms with Crippen molar-refractivity contribution >= 4 is 5.78 Å². The summed E-state index contributed by atoms with van der Waals surface area (Å²) < 4.78 is 10.3. The molecule has 1 saturated carbocycles. The monoisotopic (exact) mass is 301 g/mol. The second kappa shape index (κ2) is 7.42. The lowest BCUT2D eigenvalue weighted by molar-refractivity contribution is 0.0703. The molecule has 0 heterocycles. The normalized spacial score (nSPS) is 24.5. The molecule has 0 radical (unpaired) electrons. The summed E-state index contributed by atoms with van der Waals surface area (Å²) in [6, 6.07) is 9.67. The average molecular weight is 301 g/mol. The molecule has 118 valence electrons. The van der Waals surface area contributed by atoms with Crippen LogP contribution in [0.5, 0.6) is 5.75 Å². The van der Waals surface area contributed by atoms with Crippen molar-refractivity contribution in [3.63, 3.8) is 0 Å². The van der Waals surface area contributed by atoms with Gasteiger partial charge >= 0.3 is 0 Å². The number of nitriles is 1. The van der Waals surface area contributed by atoms with Gasteiger partial charge in [0.2, 0.25) is 0 Å². The minimum atomic E-state index is -0.353. The number of rotatable bonds is 6. The van der Waals surface area contributed by atoms with Crippen LogP contribution in [-0.2, 0) is 4.74 Å². The Morgan fingerprint density at radius 3 is 2.41 bits per heavy atom. The predicted octanol–water partition coefficient (Wildman–Crippen LogP) is 3.61. The summed E-state index contributed by atoms with van der Waals surface area (Å²) in [7, 11) is 3.25. The minimum absolute atomic E-state index is 0.170. The van der Waals surface area contributed by atoms with E-state index < -0.39 is 0 Å². The van der Waals surface area contributed by atoms with Gasteiger partial charge < -0.3 is 9.47 Å². The Kier molecular flexibility index (Phi) is 5.57. The van der Waals surface area contributed by atoms with E-state index in [-0.39, 0.29) is 11.2 Å². The summed E-state index contributed by atoms with van der Waals surface area (Å²) in [6.07, 6.45) is 4.02. The van der Waals surface area contributed by atoms with Gasteiger partial charge in [-0.3, -0.25) is 4.79 Å². The Morgan fingerprint density at radius 2 is 1.91 bits per heavy atom. The number of ketones is 1. The molecule has 1 aliphatic carbocycles. The van der Waals surface area contributed by atoms with Crippen LogP contribution in [0.25, 0.3) is 0 Å². The number of carbonyl (C=O) groups excluding carboxylic acids is 1. The van der Waals surface area contributed by atoms with Gasteiger partial charge in [-0.2, -0.15) is 5.26 Å². The lowest BCUT2D eigenvalue weighted by Crippen LogP contribution is -2.31. The topological polar surface area (TPSA) is 59.3 Å². The first-order chi connectivity index (χ1) is 10.6. The molecule has 2 rings (SSSR count). The molecule has 4 nitrogen and oxygen atoms in total. The zero-order valence-corrected chi connectivity index (χ0v) is 13.3. The number of hydrogen-bond acceptors (Lipinski definition) is 4. The minimum Gasteiger partial charge on any atom is -0.497 e. The average Bonchev–Trinajstić information content (AvgIpc) is 2.57. The zero-order valence-electron chi connectivity index (χ0n) is 13.3. The van der Waals surface area contributed by atoms with E-state index in [0.29, 0.717) is 18.9 Å². The van der Waals surface area contributed by atoms with Gasteiger partial charge in [0.05, 0.1) is 25.2 Å². The summed E-state index contributed by atoms with van der Waals surface area (Å²) in [4.78, 5) is 12.3. The van der Waals surface area contributed by atoms with E-state index in [9.17, 15) is 10.1 Å². The predicted molar refractivity (Wildman–Crippen MR) is 83.8 cm³/mol. The molecule has 1 fully saturated rings. The van der Waals surface area contributed by atoms with Crippen molar-refractivity contribution in [3.8, 4) is 11.8 Å². The third-order valence-electron chi connectivity index (χ3n) is 4.61. The first-order valence-corrected chi connectivity index (χ1v) is 7.70. The van der Waals surface area contributed by atoms with Gasteiger partial charge in [-0.05, 0) is 55.9 Å². The van der Waals surface area contributed by atoms with Gasteiger partial charge in [-0.1, -0.05) is 0 Å². The summed E-state index contributed by atoms with van der Waals surface area (Å²) in [5.41, 5.74) is 0.379. The van der Waals surface area contributed by atoms with E-state index in [1.54, 1.807) is 14.2 Å². The van der Waals surface area contributed by atoms with Crippen LogP contribution in [-0.4, -0.2) is 26.6 Å². The largest absolute Gasteiger partial charge is 0.497 e. The maximum Gasteiger partial charge on any atom is 0.163 e. The van der Waals surface area contributed by atoms with Crippen LogP contribution in [0.15, 0.2) is 24.3 Å². The fourth-order valence-electron chi connectivity index (χ4n) is 3.16. The maximum atomic E-state index is 12.3. The van der Waals surface area contributed by atoms with E-state index >= 15 is 0 Å². The first-order valence-electron chi connectivity index (χ1n) is 7.70. The maximum absolute atomic E-state index is 12.3. The van der Waals surface area contributed by atoms with Crippen molar-refractivity contribution in [3.05, 3.63) is 29.8 Å². The molecule has 22 heavy (non-hydrogen) atoms. The molecule has 0 aliphatic heterocycles. The molecule has 0 spiro atoms. The molecule has 0 unspecified atom stereocenters. The van der Waals surface area contributed by atoms with Gasteiger partial charge in [0, 0.05) is 19.1 Å². The van der Waals surface area contributed by atoms with Crippen molar-refractivity contribution < 1.29 is 14.3 Å². The fraction of sp³-hybridized carbons (Fsp3) is 0.556. The van der Waals surface area contributed by atoms with Gasteiger partial charge in [-0.15, -0.1) is 0 Å². The van der Waals surface area contributed by atoms with Crippen LogP contribution < -0.4 is 4.74 Å². The van der Waals surface area contributed by atoms with Crippen LogP contribution in [0, 0.1) is 22.7 Å². The number of carbonyl (C=O) groups is 1. The standard InChI is InChI=1S/C18H23NO3/c1-21-13-18(12-19)9-7-14(8-10-18)11-17(20)15-3-5-16(22-2)6-4-15/h3-6,14H,7-11,13H2,1-2H3. The molecule has 0 atom stereocenters. The van der Waals surface area contributed by atoms with Crippen molar-refractivity contribution in [1.29, 1.82) is 5.26 Å². The summed E-state index contributed by atoms with van der Waals surface area (Å²) in [5, 5.41) is 9.36. The third-order valence-corrected chi connectivity index (χ3v) is 4.61. The van der Waals surface area contributed by atoms with Gasteiger partial charge in [-0.25, -0.2) is 0 Å². The molecule has 1 aliphatic rings. The van der Waals surface area contributed by atoms with E-state index in [4.69, 9.17) is 9.47 Å². The Hall–Kier alpha value is -1.86. The Bertz CT molecular complexity index is 536. The highest BCUT2D eigenvalue weighted by Gasteiger charge is 2.36. The first kappa shape index (κ1) is 16.5. The third kappa shape index (κ3) is 3.86. The number of benzene rings is 1. The second-order valence-corrected chi connectivity index (χ2v) is 6.12. The van der Waals surface area contributed by atoms with E-state index in [1.165, 1.54) is 0 Å². The van der Waals surface area contributed by atoms with E-state index in [0.717, 1.165) is 37.0 Å². The Morgan fingerprint density at radius 1 is 1.27 bits per heavy atom. The summed E-state index contributed by atoms with van der Waals surface area (Å²) >= 11 is 0. The smallest absolute Gasteiger partial charge is 0.163 e. The van der Waals surface area contributed by atoms with Crippen molar-refractivity contribution in [2.45, 2.75) is 32.1 Å². The molecular formula is C18H23NO3. The highest BCUT2D eigenvalue weighted by Crippen LogP contribution is 2.40. The van der Waals surface area contributed by atoms with E-state index in [2.05, 4.69) is 6.07 Å². The quantitative estimate of drug-likeness (QED) is 0.753. The van der Waals surface area contributed by atoms with Crippen LogP contribution in [0.3, 0.4) is 0 Å². The number of nitrogens with zero attached hydrogens (tertiary/aromatic N) is 1. The highest BCUT2D eigenvalue weighted by atomic mass is 16.5. The molecule has 1 aromatic rings. The molecule has 0 aromatic heterocycles. The van der Waals surface area contributed by atoms with Crippen LogP contribution in [0.1, 0.15) is 42.5 Å². The van der Waals surface area contributed by atoms with E-state index in [1.807, 2.05) is 24.3 Å². The van der Waals surface area contributed by atoms with Gasteiger partial charge in [0.15, 0.2) is 5.78 Å². The van der Waals surface area contributed by atoms with Crippen LogP contribution >= 0.6 is 0 Å². The fourth-order valence-corrected chi connectivity index (χ4v) is 3.16. The molecule has 0 N–H and O–H groups in total. The molecule has 4 heteroatoms.